The number of rotatable bonds is 1. The first-order valence-electron chi connectivity index (χ1n) is 6.48. The number of aliphatic hydroxyl groups excluding tert-OH is 1. The molecule has 2 heteroatoms. The highest BCUT2D eigenvalue weighted by Gasteiger charge is 2.34. The van der Waals surface area contributed by atoms with Gasteiger partial charge in [0.25, 0.3) is 0 Å². The average Bonchev–Trinajstić information content (AvgIpc) is 2.21. The molecule has 1 saturated carbocycles. The highest BCUT2D eigenvalue weighted by Crippen LogP contribution is 2.38. The van der Waals surface area contributed by atoms with E-state index in [1.165, 1.54) is 22.3 Å². The standard InChI is InChI=1S/C15H23NO/c1-10-8-11(2)14(12(3)9-10)15(16)6-4-13(17)5-7-15/h8-9,13,17H,4-7,16H2,1-3H3. The molecule has 0 unspecified atom stereocenters. The first kappa shape index (κ1) is 12.6. The number of aliphatic hydroxyl groups is 1. The third-order valence-corrected chi connectivity index (χ3v) is 4.02. The van der Waals surface area contributed by atoms with Gasteiger partial charge in [0.2, 0.25) is 0 Å². The Labute approximate surface area is 104 Å². The monoisotopic (exact) mass is 233 g/mol. The molecule has 3 N–H and O–H groups in total. The van der Waals surface area contributed by atoms with E-state index in [1.54, 1.807) is 0 Å². The Morgan fingerprint density at radius 1 is 1.12 bits per heavy atom. The molecule has 1 aliphatic rings. The van der Waals surface area contributed by atoms with Crippen LogP contribution in [0.25, 0.3) is 0 Å². The summed E-state index contributed by atoms with van der Waals surface area (Å²) in [5.41, 5.74) is 11.5. The Morgan fingerprint density at radius 3 is 2.06 bits per heavy atom. The lowest BCUT2D eigenvalue weighted by Crippen LogP contribution is -2.42. The van der Waals surface area contributed by atoms with E-state index in [9.17, 15) is 5.11 Å². The van der Waals surface area contributed by atoms with Crippen LogP contribution < -0.4 is 5.73 Å². The van der Waals surface area contributed by atoms with E-state index in [0.29, 0.717) is 0 Å². The van der Waals surface area contributed by atoms with Crippen molar-refractivity contribution in [2.45, 2.75) is 58.1 Å². The van der Waals surface area contributed by atoms with Crippen molar-refractivity contribution in [2.75, 3.05) is 0 Å². The Bertz CT molecular complexity index is 394. The maximum atomic E-state index is 9.62. The van der Waals surface area contributed by atoms with Crippen molar-refractivity contribution in [2.24, 2.45) is 5.73 Å². The molecular weight excluding hydrogens is 210 g/mol. The van der Waals surface area contributed by atoms with Crippen LogP contribution in [0.15, 0.2) is 12.1 Å². The lowest BCUT2D eigenvalue weighted by Gasteiger charge is -2.38. The fraction of sp³-hybridized carbons (Fsp3) is 0.600. The summed E-state index contributed by atoms with van der Waals surface area (Å²) >= 11 is 0. The average molecular weight is 233 g/mol. The number of hydrogen-bond donors (Lipinski definition) is 2. The van der Waals surface area contributed by atoms with Crippen LogP contribution in [0.1, 0.15) is 47.9 Å². The van der Waals surface area contributed by atoms with Crippen molar-refractivity contribution in [3.63, 3.8) is 0 Å². The number of benzene rings is 1. The van der Waals surface area contributed by atoms with Crippen LogP contribution >= 0.6 is 0 Å². The summed E-state index contributed by atoms with van der Waals surface area (Å²) in [6, 6.07) is 4.42. The summed E-state index contributed by atoms with van der Waals surface area (Å²) in [6.07, 6.45) is 3.27. The lowest BCUT2D eigenvalue weighted by molar-refractivity contribution is 0.0965. The van der Waals surface area contributed by atoms with E-state index in [0.717, 1.165) is 25.7 Å². The van der Waals surface area contributed by atoms with Gasteiger partial charge in [-0.2, -0.15) is 0 Å². The van der Waals surface area contributed by atoms with Crippen LogP contribution in [-0.2, 0) is 5.54 Å². The molecule has 0 heterocycles. The summed E-state index contributed by atoms with van der Waals surface area (Å²) in [5.74, 6) is 0. The van der Waals surface area contributed by atoms with E-state index in [4.69, 9.17) is 5.73 Å². The molecule has 94 valence electrons. The second kappa shape index (κ2) is 4.43. The first-order chi connectivity index (χ1) is 7.92. The predicted octanol–water partition coefficient (Wildman–Crippen LogP) is 2.70. The molecule has 1 aliphatic carbocycles. The molecule has 0 atom stereocenters. The molecule has 0 aromatic heterocycles. The van der Waals surface area contributed by atoms with Crippen LogP contribution in [0.2, 0.25) is 0 Å². The van der Waals surface area contributed by atoms with Gasteiger partial charge in [0.05, 0.1) is 6.10 Å². The van der Waals surface area contributed by atoms with Crippen molar-refractivity contribution in [1.29, 1.82) is 0 Å². The van der Waals surface area contributed by atoms with E-state index in [-0.39, 0.29) is 11.6 Å². The maximum Gasteiger partial charge on any atom is 0.0541 e. The molecule has 0 saturated heterocycles. The summed E-state index contributed by atoms with van der Waals surface area (Å²) in [4.78, 5) is 0. The topological polar surface area (TPSA) is 46.2 Å². The zero-order chi connectivity index (χ0) is 12.6. The van der Waals surface area contributed by atoms with Crippen LogP contribution in [0.5, 0.6) is 0 Å². The van der Waals surface area contributed by atoms with E-state index in [2.05, 4.69) is 32.9 Å². The molecule has 17 heavy (non-hydrogen) atoms. The smallest absolute Gasteiger partial charge is 0.0541 e. The Balaban J connectivity index is 2.39. The minimum atomic E-state index is -0.235. The third-order valence-electron chi connectivity index (χ3n) is 4.02. The highest BCUT2D eigenvalue weighted by molar-refractivity contribution is 5.42. The van der Waals surface area contributed by atoms with Crippen molar-refractivity contribution >= 4 is 0 Å². The second-order valence-electron chi connectivity index (χ2n) is 5.66. The number of hydrogen-bond acceptors (Lipinski definition) is 2. The minimum absolute atomic E-state index is 0.155. The van der Waals surface area contributed by atoms with Gasteiger partial charge in [-0.15, -0.1) is 0 Å². The Morgan fingerprint density at radius 2 is 1.59 bits per heavy atom. The van der Waals surface area contributed by atoms with Crippen molar-refractivity contribution in [1.82, 2.24) is 0 Å². The SMILES string of the molecule is Cc1cc(C)c(C2(N)CCC(O)CC2)c(C)c1. The van der Waals surface area contributed by atoms with Gasteiger partial charge in [0, 0.05) is 5.54 Å². The molecule has 1 fully saturated rings. The third kappa shape index (κ3) is 2.38. The second-order valence-corrected chi connectivity index (χ2v) is 5.66. The summed E-state index contributed by atoms with van der Waals surface area (Å²) in [6.45, 7) is 6.42. The van der Waals surface area contributed by atoms with Gasteiger partial charge in [-0.25, -0.2) is 0 Å². The Kier molecular flexibility index (Phi) is 3.28. The largest absolute Gasteiger partial charge is 0.393 e. The first-order valence-corrected chi connectivity index (χ1v) is 6.48. The molecule has 0 aliphatic heterocycles. The molecule has 0 radical (unpaired) electrons. The highest BCUT2D eigenvalue weighted by atomic mass is 16.3. The van der Waals surface area contributed by atoms with Crippen molar-refractivity contribution in [3.8, 4) is 0 Å². The van der Waals surface area contributed by atoms with Crippen molar-refractivity contribution in [3.05, 3.63) is 34.4 Å². The van der Waals surface area contributed by atoms with Gasteiger partial charge in [-0.05, 0) is 63.1 Å². The quantitative estimate of drug-likeness (QED) is 0.783. The zero-order valence-corrected chi connectivity index (χ0v) is 11.1. The normalized spacial score (nSPS) is 29.4. The molecular formula is C15H23NO. The van der Waals surface area contributed by atoms with Crippen LogP contribution in [0.3, 0.4) is 0 Å². The van der Waals surface area contributed by atoms with Crippen LogP contribution in [0, 0.1) is 20.8 Å². The number of aryl methyl sites for hydroxylation is 3. The number of nitrogens with two attached hydrogens (primary N) is 1. The summed E-state index contributed by atoms with van der Waals surface area (Å²) in [5, 5.41) is 9.62. The summed E-state index contributed by atoms with van der Waals surface area (Å²) in [7, 11) is 0. The predicted molar refractivity (Wildman–Crippen MR) is 71.0 cm³/mol. The molecule has 2 rings (SSSR count). The molecule has 1 aromatic rings. The van der Waals surface area contributed by atoms with Gasteiger partial charge in [0.1, 0.15) is 0 Å². The van der Waals surface area contributed by atoms with Gasteiger partial charge >= 0.3 is 0 Å². The van der Waals surface area contributed by atoms with Crippen molar-refractivity contribution < 1.29 is 5.11 Å². The van der Waals surface area contributed by atoms with Crippen LogP contribution in [-0.4, -0.2) is 11.2 Å². The van der Waals surface area contributed by atoms with E-state index >= 15 is 0 Å². The van der Waals surface area contributed by atoms with Gasteiger partial charge in [-0.3, -0.25) is 0 Å². The van der Waals surface area contributed by atoms with Gasteiger partial charge in [0.15, 0.2) is 0 Å². The Hall–Kier alpha value is -0.860. The fourth-order valence-electron chi connectivity index (χ4n) is 3.33. The molecule has 0 amide bonds. The lowest BCUT2D eigenvalue weighted by atomic mass is 9.73. The van der Waals surface area contributed by atoms with E-state index < -0.39 is 0 Å². The van der Waals surface area contributed by atoms with E-state index in [1.807, 2.05) is 0 Å². The zero-order valence-electron chi connectivity index (χ0n) is 11.1. The van der Waals surface area contributed by atoms with Gasteiger partial charge in [-0.1, -0.05) is 17.7 Å². The minimum Gasteiger partial charge on any atom is -0.393 e. The van der Waals surface area contributed by atoms with Crippen LogP contribution in [0.4, 0.5) is 0 Å². The fourth-order valence-corrected chi connectivity index (χ4v) is 3.33. The molecule has 0 spiro atoms. The molecule has 2 nitrogen and oxygen atoms in total. The maximum absolute atomic E-state index is 9.62. The summed E-state index contributed by atoms with van der Waals surface area (Å²) < 4.78 is 0. The molecule has 1 aromatic carbocycles. The van der Waals surface area contributed by atoms with Gasteiger partial charge < -0.3 is 10.8 Å². The molecule has 0 bridgehead atoms.